The monoisotopic (exact) mass is 221 g/mol. The van der Waals surface area contributed by atoms with Crippen molar-refractivity contribution in [3.05, 3.63) is 17.5 Å². The minimum atomic E-state index is -1.02. The second-order valence-electron chi connectivity index (χ2n) is 4.91. The lowest BCUT2D eigenvalue weighted by Gasteiger charge is -2.07. The van der Waals surface area contributed by atoms with Crippen LogP contribution in [-0.2, 0) is 0 Å². The standard InChI is InChI=1S/C11H15N3O2/c1-6-4-7(9(15)16)13-10(12-6)14-8-5-11(8,2)3/h4,8H,5H2,1-3H3,(H,15,16)(H,12,13,14). The average molecular weight is 221 g/mol. The summed E-state index contributed by atoms with van der Waals surface area (Å²) in [6, 6.07) is 1.81. The summed E-state index contributed by atoms with van der Waals surface area (Å²) in [6.07, 6.45) is 1.06. The predicted octanol–water partition coefficient (Wildman–Crippen LogP) is 1.69. The Morgan fingerprint density at radius 3 is 2.69 bits per heavy atom. The molecule has 16 heavy (non-hydrogen) atoms. The highest BCUT2D eigenvalue weighted by atomic mass is 16.4. The molecule has 2 rings (SSSR count). The molecule has 5 nitrogen and oxygen atoms in total. The van der Waals surface area contributed by atoms with E-state index in [4.69, 9.17) is 5.11 Å². The van der Waals surface area contributed by atoms with Crippen LogP contribution in [0.4, 0.5) is 5.95 Å². The Labute approximate surface area is 93.9 Å². The molecule has 1 unspecified atom stereocenters. The van der Waals surface area contributed by atoms with E-state index in [2.05, 4.69) is 29.1 Å². The zero-order chi connectivity index (χ0) is 11.9. The fraction of sp³-hybridized carbons (Fsp3) is 0.545. The van der Waals surface area contributed by atoms with Crippen LogP contribution in [0.25, 0.3) is 0 Å². The highest BCUT2D eigenvalue weighted by molar-refractivity contribution is 5.85. The van der Waals surface area contributed by atoms with Gasteiger partial charge < -0.3 is 10.4 Å². The lowest BCUT2D eigenvalue weighted by Crippen LogP contribution is -2.13. The zero-order valence-corrected chi connectivity index (χ0v) is 9.61. The lowest BCUT2D eigenvalue weighted by atomic mass is 10.2. The van der Waals surface area contributed by atoms with E-state index in [1.807, 2.05) is 0 Å². The molecule has 1 atom stereocenters. The van der Waals surface area contributed by atoms with Gasteiger partial charge in [0.15, 0.2) is 5.69 Å². The number of aromatic nitrogens is 2. The van der Waals surface area contributed by atoms with Crippen molar-refractivity contribution in [3.63, 3.8) is 0 Å². The molecule has 0 spiro atoms. The largest absolute Gasteiger partial charge is 0.477 e. The summed E-state index contributed by atoms with van der Waals surface area (Å²) in [5.74, 6) is -0.614. The third-order valence-corrected chi connectivity index (χ3v) is 2.89. The SMILES string of the molecule is Cc1cc(C(=O)O)nc(NC2CC2(C)C)n1. The summed E-state index contributed by atoms with van der Waals surface area (Å²) < 4.78 is 0. The van der Waals surface area contributed by atoms with E-state index in [1.54, 1.807) is 6.92 Å². The third kappa shape index (κ3) is 2.13. The Balaban J connectivity index is 2.18. The van der Waals surface area contributed by atoms with Crippen LogP contribution in [0.3, 0.4) is 0 Å². The van der Waals surface area contributed by atoms with Gasteiger partial charge >= 0.3 is 5.97 Å². The van der Waals surface area contributed by atoms with Crippen molar-refractivity contribution in [2.75, 3.05) is 5.32 Å². The second-order valence-corrected chi connectivity index (χ2v) is 4.91. The molecular weight excluding hydrogens is 206 g/mol. The van der Waals surface area contributed by atoms with Gasteiger partial charge in [0.2, 0.25) is 5.95 Å². The maximum atomic E-state index is 10.8. The predicted molar refractivity (Wildman–Crippen MR) is 59.5 cm³/mol. The van der Waals surface area contributed by atoms with Gasteiger partial charge in [-0.2, -0.15) is 0 Å². The molecule has 0 radical (unpaired) electrons. The van der Waals surface area contributed by atoms with Crippen molar-refractivity contribution in [1.82, 2.24) is 9.97 Å². The van der Waals surface area contributed by atoms with Crippen LogP contribution >= 0.6 is 0 Å². The van der Waals surface area contributed by atoms with Crippen LogP contribution < -0.4 is 5.32 Å². The molecule has 86 valence electrons. The van der Waals surface area contributed by atoms with Crippen LogP contribution in [-0.4, -0.2) is 27.1 Å². The van der Waals surface area contributed by atoms with E-state index in [1.165, 1.54) is 6.07 Å². The van der Waals surface area contributed by atoms with Gasteiger partial charge in [0.25, 0.3) is 0 Å². The summed E-state index contributed by atoms with van der Waals surface area (Å²) in [6.45, 7) is 6.06. The van der Waals surface area contributed by atoms with Gasteiger partial charge in [-0.25, -0.2) is 14.8 Å². The Kier molecular flexibility index (Phi) is 2.33. The third-order valence-electron chi connectivity index (χ3n) is 2.89. The number of nitrogens with zero attached hydrogens (tertiary/aromatic N) is 2. The number of carboxylic acid groups (broad SMARTS) is 1. The van der Waals surface area contributed by atoms with Crippen molar-refractivity contribution in [3.8, 4) is 0 Å². The molecule has 1 saturated carbocycles. The van der Waals surface area contributed by atoms with E-state index >= 15 is 0 Å². The Morgan fingerprint density at radius 1 is 1.56 bits per heavy atom. The number of aromatic carboxylic acids is 1. The number of anilines is 1. The lowest BCUT2D eigenvalue weighted by molar-refractivity contribution is 0.0690. The quantitative estimate of drug-likeness (QED) is 0.812. The smallest absolute Gasteiger partial charge is 0.354 e. The number of hydrogen-bond acceptors (Lipinski definition) is 4. The molecule has 1 aromatic heterocycles. The normalized spacial score (nSPS) is 21.6. The summed E-state index contributed by atoms with van der Waals surface area (Å²) in [5.41, 5.74) is 0.957. The van der Waals surface area contributed by atoms with Gasteiger partial charge in [0.05, 0.1) is 0 Å². The van der Waals surface area contributed by atoms with Crippen LogP contribution in [0.15, 0.2) is 6.07 Å². The second kappa shape index (κ2) is 3.43. The first-order valence-corrected chi connectivity index (χ1v) is 5.24. The van der Waals surface area contributed by atoms with E-state index in [-0.39, 0.29) is 11.1 Å². The van der Waals surface area contributed by atoms with Crippen molar-refractivity contribution in [2.45, 2.75) is 33.2 Å². The molecule has 0 amide bonds. The maximum absolute atomic E-state index is 10.8. The molecule has 2 N–H and O–H groups in total. The van der Waals surface area contributed by atoms with Gasteiger partial charge in [0.1, 0.15) is 0 Å². The van der Waals surface area contributed by atoms with Crippen molar-refractivity contribution in [2.24, 2.45) is 5.41 Å². The average Bonchev–Trinajstić information content (AvgIpc) is 2.72. The first kappa shape index (κ1) is 10.9. The Morgan fingerprint density at radius 2 is 2.19 bits per heavy atom. The van der Waals surface area contributed by atoms with Crippen molar-refractivity contribution in [1.29, 1.82) is 0 Å². The van der Waals surface area contributed by atoms with E-state index < -0.39 is 5.97 Å². The molecule has 1 aliphatic rings. The van der Waals surface area contributed by atoms with Gasteiger partial charge in [-0.15, -0.1) is 0 Å². The number of aryl methyl sites for hydroxylation is 1. The molecule has 1 aromatic rings. The van der Waals surface area contributed by atoms with Crippen LogP contribution in [0.1, 0.15) is 36.5 Å². The summed E-state index contributed by atoms with van der Waals surface area (Å²) in [5, 5.41) is 12.0. The number of carboxylic acids is 1. The summed E-state index contributed by atoms with van der Waals surface area (Å²) >= 11 is 0. The number of hydrogen-bond donors (Lipinski definition) is 2. The molecule has 0 aromatic carbocycles. The first-order chi connectivity index (χ1) is 7.38. The molecule has 0 bridgehead atoms. The molecular formula is C11H15N3O2. The number of rotatable bonds is 3. The highest BCUT2D eigenvalue weighted by Gasteiger charge is 2.46. The van der Waals surface area contributed by atoms with E-state index in [9.17, 15) is 4.79 Å². The molecule has 5 heteroatoms. The fourth-order valence-corrected chi connectivity index (χ4v) is 1.61. The number of nitrogens with one attached hydrogen (secondary N) is 1. The Hall–Kier alpha value is -1.65. The molecule has 1 fully saturated rings. The first-order valence-electron chi connectivity index (χ1n) is 5.24. The van der Waals surface area contributed by atoms with E-state index in [0.717, 1.165) is 6.42 Å². The summed E-state index contributed by atoms with van der Waals surface area (Å²) in [7, 11) is 0. The fourth-order valence-electron chi connectivity index (χ4n) is 1.61. The minimum absolute atomic E-state index is 0.0356. The van der Waals surface area contributed by atoms with Crippen molar-refractivity contribution < 1.29 is 9.90 Å². The number of carbonyl (C=O) groups is 1. The van der Waals surface area contributed by atoms with Gasteiger partial charge in [-0.1, -0.05) is 13.8 Å². The summed E-state index contributed by atoms with van der Waals surface area (Å²) in [4.78, 5) is 18.9. The molecule has 0 aliphatic heterocycles. The highest BCUT2D eigenvalue weighted by Crippen LogP contribution is 2.46. The Bertz CT molecular complexity index is 443. The van der Waals surface area contributed by atoms with Crippen LogP contribution in [0, 0.1) is 12.3 Å². The molecule has 1 aliphatic carbocycles. The van der Waals surface area contributed by atoms with Crippen LogP contribution in [0.2, 0.25) is 0 Å². The van der Waals surface area contributed by atoms with Crippen molar-refractivity contribution >= 4 is 11.9 Å². The van der Waals surface area contributed by atoms with E-state index in [0.29, 0.717) is 17.7 Å². The minimum Gasteiger partial charge on any atom is -0.477 e. The van der Waals surface area contributed by atoms with Crippen LogP contribution in [0.5, 0.6) is 0 Å². The topological polar surface area (TPSA) is 75.1 Å². The zero-order valence-electron chi connectivity index (χ0n) is 9.61. The van der Waals surface area contributed by atoms with Gasteiger partial charge in [-0.3, -0.25) is 0 Å². The molecule has 0 saturated heterocycles. The van der Waals surface area contributed by atoms with Gasteiger partial charge in [0, 0.05) is 11.7 Å². The maximum Gasteiger partial charge on any atom is 0.354 e. The molecule has 1 heterocycles. The van der Waals surface area contributed by atoms with Gasteiger partial charge in [-0.05, 0) is 24.8 Å².